The van der Waals surface area contributed by atoms with Gasteiger partial charge in [-0.1, -0.05) is 30.3 Å². The summed E-state index contributed by atoms with van der Waals surface area (Å²) in [5.41, 5.74) is 4.00. The molecule has 0 saturated heterocycles. The molecule has 4 heteroatoms. The molecule has 4 bridgehead atoms. The van der Waals surface area contributed by atoms with Crippen molar-refractivity contribution in [2.24, 2.45) is 23.2 Å². The average molecular weight is 415 g/mol. The standard InChI is InChI=1S/C27H30N2O2/c30-25-9-6-22-13-23(7-8-24(22)29(25)17-18-4-2-1-3-5-18)28-26(31)27-14-19-10-20(15-27)12-21(11-19)16-27/h1-5,7-8,13,19-21H,6,9-12,14-17H2,(H,28,31). The first kappa shape index (κ1) is 19.1. The number of nitrogens with one attached hydrogen (secondary N) is 1. The third kappa shape index (κ3) is 3.37. The van der Waals surface area contributed by atoms with E-state index in [-0.39, 0.29) is 17.2 Å². The molecular weight excluding hydrogens is 384 g/mol. The Labute approximate surface area is 184 Å². The van der Waals surface area contributed by atoms with Gasteiger partial charge in [-0.2, -0.15) is 0 Å². The smallest absolute Gasteiger partial charge is 0.230 e. The van der Waals surface area contributed by atoms with Gasteiger partial charge in [0.25, 0.3) is 0 Å². The summed E-state index contributed by atoms with van der Waals surface area (Å²) in [5, 5.41) is 3.28. The Balaban J connectivity index is 1.22. The van der Waals surface area contributed by atoms with Crippen LogP contribution in [0.5, 0.6) is 0 Å². The number of aryl methyl sites for hydroxylation is 1. The first-order valence-electron chi connectivity index (χ1n) is 11.9. The number of anilines is 2. The Kier molecular flexibility index (Phi) is 4.45. The molecule has 0 unspecified atom stereocenters. The Morgan fingerprint density at radius 1 is 0.935 bits per heavy atom. The van der Waals surface area contributed by atoms with Crippen molar-refractivity contribution in [2.75, 3.05) is 10.2 Å². The van der Waals surface area contributed by atoms with E-state index in [1.807, 2.05) is 35.2 Å². The molecule has 4 saturated carbocycles. The molecule has 0 radical (unpaired) electrons. The first-order chi connectivity index (χ1) is 15.1. The summed E-state index contributed by atoms with van der Waals surface area (Å²) in [6, 6.07) is 16.2. The van der Waals surface area contributed by atoms with Crippen molar-refractivity contribution in [3.05, 3.63) is 59.7 Å². The minimum atomic E-state index is -0.139. The van der Waals surface area contributed by atoms with Gasteiger partial charge in [-0.15, -0.1) is 0 Å². The van der Waals surface area contributed by atoms with Crippen molar-refractivity contribution in [2.45, 2.75) is 57.9 Å². The monoisotopic (exact) mass is 414 g/mol. The van der Waals surface area contributed by atoms with Gasteiger partial charge in [-0.3, -0.25) is 9.59 Å². The van der Waals surface area contributed by atoms with E-state index in [0.717, 1.165) is 65.9 Å². The Morgan fingerprint density at radius 3 is 2.29 bits per heavy atom. The van der Waals surface area contributed by atoms with Crippen molar-refractivity contribution < 1.29 is 9.59 Å². The molecule has 1 N–H and O–H groups in total. The first-order valence-corrected chi connectivity index (χ1v) is 11.9. The van der Waals surface area contributed by atoms with Crippen molar-refractivity contribution in [1.29, 1.82) is 0 Å². The molecule has 160 valence electrons. The Bertz CT molecular complexity index is 994. The lowest BCUT2D eigenvalue weighted by molar-refractivity contribution is -0.140. The number of amides is 2. The summed E-state index contributed by atoms with van der Waals surface area (Å²) in [7, 11) is 0. The van der Waals surface area contributed by atoms with E-state index in [4.69, 9.17) is 0 Å². The maximum absolute atomic E-state index is 13.4. The van der Waals surface area contributed by atoms with Gasteiger partial charge in [0.05, 0.1) is 12.0 Å². The highest BCUT2D eigenvalue weighted by Crippen LogP contribution is 2.60. The number of hydrogen-bond acceptors (Lipinski definition) is 2. The number of hydrogen-bond donors (Lipinski definition) is 1. The molecule has 0 aromatic heterocycles. The highest BCUT2D eigenvalue weighted by atomic mass is 16.2. The molecule has 2 aromatic carbocycles. The van der Waals surface area contributed by atoms with E-state index in [0.29, 0.717) is 13.0 Å². The predicted octanol–water partition coefficient (Wildman–Crippen LogP) is 5.32. The lowest BCUT2D eigenvalue weighted by atomic mass is 9.49. The van der Waals surface area contributed by atoms with Crippen LogP contribution in [0, 0.1) is 23.2 Å². The summed E-state index contributed by atoms with van der Waals surface area (Å²) in [5.74, 6) is 2.69. The lowest BCUT2D eigenvalue weighted by Crippen LogP contribution is -2.51. The van der Waals surface area contributed by atoms with Crippen LogP contribution >= 0.6 is 0 Å². The minimum Gasteiger partial charge on any atom is -0.326 e. The Morgan fingerprint density at radius 2 is 1.61 bits per heavy atom. The molecule has 0 atom stereocenters. The second-order valence-electron chi connectivity index (χ2n) is 10.5. The van der Waals surface area contributed by atoms with Gasteiger partial charge >= 0.3 is 0 Å². The molecule has 4 nitrogen and oxygen atoms in total. The summed E-state index contributed by atoms with van der Waals surface area (Å²) in [6.07, 6.45) is 8.52. The quantitative estimate of drug-likeness (QED) is 0.736. The fourth-order valence-corrected chi connectivity index (χ4v) is 7.23. The summed E-state index contributed by atoms with van der Waals surface area (Å²) in [4.78, 5) is 27.9. The number of benzene rings is 2. The number of rotatable bonds is 4. The van der Waals surface area contributed by atoms with Crippen LogP contribution < -0.4 is 10.2 Å². The summed E-state index contributed by atoms with van der Waals surface area (Å²) in [6.45, 7) is 0.589. The molecule has 1 aliphatic heterocycles. The zero-order chi connectivity index (χ0) is 21.0. The van der Waals surface area contributed by atoms with Crippen LogP contribution in [0.25, 0.3) is 0 Å². The highest BCUT2D eigenvalue weighted by Gasteiger charge is 2.54. The predicted molar refractivity (Wildman–Crippen MR) is 122 cm³/mol. The number of nitrogens with zero attached hydrogens (tertiary/aromatic N) is 1. The van der Waals surface area contributed by atoms with Gasteiger partial charge in [-0.25, -0.2) is 0 Å². The number of carbonyl (C=O) groups is 2. The molecule has 5 aliphatic rings. The van der Waals surface area contributed by atoms with E-state index >= 15 is 0 Å². The van der Waals surface area contributed by atoms with Crippen LogP contribution in [0.3, 0.4) is 0 Å². The summed E-state index contributed by atoms with van der Waals surface area (Å²) < 4.78 is 0. The maximum atomic E-state index is 13.4. The van der Waals surface area contributed by atoms with Crippen LogP contribution in [0.15, 0.2) is 48.5 Å². The molecule has 1 heterocycles. The van der Waals surface area contributed by atoms with Gasteiger partial charge in [-0.05, 0) is 92.0 Å². The second-order valence-corrected chi connectivity index (χ2v) is 10.5. The molecule has 4 fully saturated rings. The number of carbonyl (C=O) groups excluding carboxylic acids is 2. The molecule has 31 heavy (non-hydrogen) atoms. The van der Waals surface area contributed by atoms with Gasteiger partial charge in [0.15, 0.2) is 0 Å². The molecule has 7 rings (SSSR count). The van der Waals surface area contributed by atoms with Crippen molar-refractivity contribution in [3.8, 4) is 0 Å². The maximum Gasteiger partial charge on any atom is 0.230 e. The fraction of sp³-hybridized carbons (Fsp3) is 0.481. The Hall–Kier alpha value is -2.62. The summed E-state index contributed by atoms with van der Waals surface area (Å²) >= 11 is 0. The van der Waals surface area contributed by atoms with Crippen LogP contribution in [-0.2, 0) is 22.6 Å². The van der Waals surface area contributed by atoms with Crippen LogP contribution in [-0.4, -0.2) is 11.8 Å². The van der Waals surface area contributed by atoms with Gasteiger partial charge in [0.2, 0.25) is 11.8 Å². The van der Waals surface area contributed by atoms with Crippen molar-refractivity contribution in [1.82, 2.24) is 0 Å². The van der Waals surface area contributed by atoms with Crippen molar-refractivity contribution in [3.63, 3.8) is 0 Å². The largest absolute Gasteiger partial charge is 0.326 e. The molecule has 4 aliphatic carbocycles. The average Bonchev–Trinajstić information content (AvgIpc) is 2.75. The molecule has 2 amide bonds. The molecule has 0 spiro atoms. The van der Waals surface area contributed by atoms with E-state index in [1.165, 1.54) is 19.3 Å². The fourth-order valence-electron chi connectivity index (χ4n) is 7.23. The minimum absolute atomic E-state index is 0.139. The SMILES string of the molecule is O=C1CCc2cc(NC(=O)C34CC5CC(CC(C5)C3)C4)ccc2N1Cc1ccccc1. The van der Waals surface area contributed by atoms with Gasteiger partial charge in [0.1, 0.15) is 0 Å². The van der Waals surface area contributed by atoms with E-state index in [2.05, 4.69) is 23.5 Å². The highest BCUT2D eigenvalue weighted by molar-refractivity contribution is 5.98. The van der Waals surface area contributed by atoms with Crippen molar-refractivity contribution >= 4 is 23.2 Å². The van der Waals surface area contributed by atoms with Crippen LogP contribution in [0.1, 0.15) is 56.1 Å². The topological polar surface area (TPSA) is 49.4 Å². The van der Waals surface area contributed by atoms with E-state index in [9.17, 15) is 9.59 Å². The molecular formula is C27H30N2O2. The van der Waals surface area contributed by atoms with E-state index < -0.39 is 0 Å². The van der Waals surface area contributed by atoms with Gasteiger partial charge < -0.3 is 10.2 Å². The molecule has 2 aromatic rings. The normalized spacial score (nSPS) is 30.9. The van der Waals surface area contributed by atoms with Crippen LogP contribution in [0.2, 0.25) is 0 Å². The van der Waals surface area contributed by atoms with Crippen LogP contribution in [0.4, 0.5) is 11.4 Å². The third-order valence-corrected chi connectivity index (χ3v) is 8.24. The second kappa shape index (κ2) is 7.22. The number of fused-ring (bicyclic) bond motifs is 1. The third-order valence-electron chi connectivity index (χ3n) is 8.24. The van der Waals surface area contributed by atoms with E-state index in [1.54, 1.807) is 0 Å². The zero-order valence-electron chi connectivity index (χ0n) is 18.0. The van der Waals surface area contributed by atoms with Gasteiger partial charge in [0, 0.05) is 17.8 Å². The zero-order valence-corrected chi connectivity index (χ0v) is 18.0. The lowest BCUT2D eigenvalue weighted by Gasteiger charge is -2.55.